The summed E-state index contributed by atoms with van der Waals surface area (Å²) >= 11 is 0. The van der Waals surface area contributed by atoms with Gasteiger partial charge in [0.15, 0.2) is 0 Å². The number of aryl methyl sites for hydroxylation is 1. The average Bonchev–Trinajstić information content (AvgIpc) is 2.68. The Labute approximate surface area is 171 Å². The Morgan fingerprint density at radius 3 is 2.34 bits per heavy atom. The van der Waals surface area contributed by atoms with Crippen molar-refractivity contribution in [3.63, 3.8) is 0 Å². The molecule has 0 aromatic heterocycles. The van der Waals surface area contributed by atoms with Gasteiger partial charge in [0.2, 0.25) is 0 Å². The lowest BCUT2D eigenvalue weighted by atomic mass is 9.94. The SMILES string of the molecule is Cc1ccc(S(=O)(=O)O/N=C(/c2cccc3ccccc23)C(O)CC(C)C)cc1. The number of hydrogen-bond acceptors (Lipinski definition) is 5. The van der Waals surface area contributed by atoms with E-state index in [0.29, 0.717) is 12.0 Å². The van der Waals surface area contributed by atoms with Gasteiger partial charge in [-0.25, -0.2) is 0 Å². The lowest BCUT2D eigenvalue weighted by Crippen LogP contribution is -2.24. The fourth-order valence-corrected chi connectivity index (χ4v) is 3.87. The molecule has 0 aliphatic carbocycles. The molecule has 152 valence electrons. The molecule has 0 aliphatic rings. The van der Waals surface area contributed by atoms with Gasteiger partial charge in [0.1, 0.15) is 16.7 Å². The standard InChI is InChI=1S/C23H25NO4S/c1-16(2)15-22(25)23(21-10-6-8-18-7-4-5-9-20(18)21)24-28-29(26,27)19-13-11-17(3)12-14-19/h4-14,16,22,25H,15H2,1-3H3/b24-23-. The number of benzene rings is 3. The first-order chi connectivity index (χ1) is 13.8. The Morgan fingerprint density at radius 2 is 1.66 bits per heavy atom. The average molecular weight is 412 g/mol. The quantitative estimate of drug-likeness (QED) is 0.453. The van der Waals surface area contributed by atoms with Crippen molar-refractivity contribution in [2.45, 2.75) is 38.2 Å². The van der Waals surface area contributed by atoms with Crippen LogP contribution in [0.2, 0.25) is 0 Å². The molecule has 1 N–H and O–H groups in total. The van der Waals surface area contributed by atoms with Crippen molar-refractivity contribution in [1.29, 1.82) is 0 Å². The van der Waals surface area contributed by atoms with Crippen LogP contribution >= 0.6 is 0 Å². The molecular formula is C23H25NO4S. The zero-order valence-electron chi connectivity index (χ0n) is 16.7. The predicted molar refractivity (Wildman–Crippen MR) is 115 cm³/mol. The van der Waals surface area contributed by atoms with Crippen LogP contribution in [0.3, 0.4) is 0 Å². The fraction of sp³-hybridized carbons (Fsp3) is 0.261. The molecule has 0 aliphatic heterocycles. The van der Waals surface area contributed by atoms with E-state index in [4.69, 9.17) is 4.28 Å². The molecule has 3 rings (SSSR count). The largest absolute Gasteiger partial charge is 0.387 e. The Hall–Kier alpha value is -2.70. The molecule has 1 atom stereocenters. The Bertz CT molecular complexity index is 1110. The van der Waals surface area contributed by atoms with Crippen molar-refractivity contribution >= 4 is 26.6 Å². The maximum Gasteiger partial charge on any atom is 0.358 e. The summed E-state index contributed by atoms with van der Waals surface area (Å²) in [4.78, 5) is 0.0162. The number of oxime groups is 1. The van der Waals surface area contributed by atoms with Gasteiger partial charge in [-0.3, -0.25) is 4.28 Å². The van der Waals surface area contributed by atoms with Gasteiger partial charge < -0.3 is 5.11 Å². The van der Waals surface area contributed by atoms with E-state index in [1.54, 1.807) is 12.1 Å². The number of rotatable bonds is 7. The van der Waals surface area contributed by atoms with Crippen molar-refractivity contribution in [3.05, 3.63) is 77.9 Å². The lowest BCUT2D eigenvalue weighted by molar-refractivity contribution is 0.207. The molecule has 5 nitrogen and oxygen atoms in total. The first-order valence-corrected chi connectivity index (χ1v) is 10.9. The highest BCUT2D eigenvalue weighted by Crippen LogP contribution is 2.23. The normalized spacial score (nSPS) is 13.6. The van der Waals surface area contributed by atoms with Crippen molar-refractivity contribution in [1.82, 2.24) is 0 Å². The molecule has 0 saturated heterocycles. The summed E-state index contributed by atoms with van der Waals surface area (Å²) in [5, 5.41) is 16.6. The molecular weight excluding hydrogens is 386 g/mol. The van der Waals surface area contributed by atoms with Crippen LogP contribution in [0, 0.1) is 12.8 Å². The third kappa shape index (κ3) is 5.02. The topological polar surface area (TPSA) is 76.0 Å². The number of nitrogens with zero attached hydrogens (tertiary/aromatic N) is 1. The van der Waals surface area contributed by atoms with E-state index in [-0.39, 0.29) is 16.5 Å². The predicted octanol–water partition coefficient (Wildman–Crippen LogP) is 4.66. The van der Waals surface area contributed by atoms with E-state index in [0.717, 1.165) is 16.3 Å². The van der Waals surface area contributed by atoms with Gasteiger partial charge in [0.05, 0.1) is 0 Å². The molecule has 0 amide bonds. The van der Waals surface area contributed by atoms with Crippen LogP contribution in [-0.4, -0.2) is 25.3 Å². The smallest absolute Gasteiger partial charge is 0.358 e. The van der Waals surface area contributed by atoms with E-state index >= 15 is 0 Å². The highest BCUT2D eigenvalue weighted by molar-refractivity contribution is 7.86. The minimum Gasteiger partial charge on any atom is -0.387 e. The minimum absolute atomic E-state index is 0.0162. The third-order valence-electron chi connectivity index (χ3n) is 4.62. The lowest BCUT2D eigenvalue weighted by Gasteiger charge is -2.17. The zero-order chi connectivity index (χ0) is 21.0. The second kappa shape index (κ2) is 8.76. The molecule has 0 fully saturated rings. The van der Waals surface area contributed by atoms with Crippen LogP contribution in [0.25, 0.3) is 10.8 Å². The van der Waals surface area contributed by atoms with Gasteiger partial charge in [0.25, 0.3) is 0 Å². The van der Waals surface area contributed by atoms with Gasteiger partial charge in [-0.1, -0.05) is 79.2 Å². The van der Waals surface area contributed by atoms with Gasteiger partial charge in [-0.15, -0.1) is 0 Å². The molecule has 0 spiro atoms. The molecule has 29 heavy (non-hydrogen) atoms. The number of hydrogen-bond donors (Lipinski definition) is 1. The molecule has 1 unspecified atom stereocenters. The second-order valence-corrected chi connectivity index (χ2v) is 9.02. The van der Waals surface area contributed by atoms with E-state index in [2.05, 4.69) is 5.16 Å². The first-order valence-electron chi connectivity index (χ1n) is 9.52. The molecule has 3 aromatic rings. The highest BCUT2D eigenvalue weighted by atomic mass is 32.2. The summed E-state index contributed by atoms with van der Waals surface area (Å²) in [6.45, 7) is 5.83. The molecule has 0 saturated carbocycles. The zero-order valence-corrected chi connectivity index (χ0v) is 17.6. The summed E-state index contributed by atoms with van der Waals surface area (Å²) in [5.74, 6) is 0.193. The van der Waals surface area contributed by atoms with Crippen molar-refractivity contribution in [2.75, 3.05) is 0 Å². The van der Waals surface area contributed by atoms with Gasteiger partial charge in [-0.05, 0) is 42.2 Å². The highest BCUT2D eigenvalue weighted by Gasteiger charge is 2.22. The number of aliphatic hydroxyl groups is 1. The maximum atomic E-state index is 12.6. The monoisotopic (exact) mass is 411 g/mol. The van der Waals surface area contributed by atoms with E-state index in [1.807, 2.05) is 63.2 Å². The minimum atomic E-state index is -4.09. The van der Waals surface area contributed by atoms with Crippen molar-refractivity contribution in [2.24, 2.45) is 11.1 Å². The summed E-state index contributed by atoms with van der Waals surface area (Å²) < 4.78 is 30.2. The summed E-state index contributed by atoms with van der Waals surface area (Å²) in [6.07, 6.45) is -0.537. The van der Waals surface area contributed by atoms with Crippen LogP contribution in [0.15, 0.2) is 76.8 Å². The first kappa shape index (κ1) is 21.0. The number of aliphatic hydroxyl groups excluding tert-OH is 1. The van der Waals surface area contributed by atoms with Gasteiger partial charge >= 0.3 is 10.1 Å². The van der Waals surface area contributed by atoms with Crippen LogP contribution in [-0.2, 0) is 14.4 Å². The Kier molecular flexibility index (Phi) is 6.35. The maximum absolute atomic E-state index is 12.6. The number of fused-ring (bicyclic) bond motifs is 1. The third-order valence-corrected chi connectivity index (χ3v) is 5.74. The van der Waals surface area contributed by atoms with Crippen LogP contribution < -0.4 is 0 Å². The summed E-state index contributed by atoms with van der Waals surface area (Å²) in [7, 11) is -4.09. The van der Waals surface area contributed by atoms with E-state index in [9.17, 15) is 13.5 Å². The van der Waals surface area contributed by atoms with E-state index < -0.39 is 16.2 Å². The Morgan fingerprint density at radius 1 is 1.00 bits per heavy atom. The molecule has 0 bridgehead atoms. The van der Waals surface area contributed by atoms with Crippen LogP contribution in [0.5, 0.6) is 0 Å². The van der Waals surface area contributed by atoms with Crippen molar-refractivity contribution < 1.29 is 17.8 Å². The van der Waals surface area contributed by atoms with Gasteiger partial charge in [0, 0.05) is 5.56 Å². The van der Waals surface area contributed by atoms with Crippen molar-refractivity contribution in [3.8, 4) is 0 Å². The van der Waals surface area contributed by atoms with Gasteiger partial charge in [-0.2, -0.15) is 8.42 Å². The molecule has 0 heterocycles. The summed E-state index contributed by atoms with van der Waals surface area (Å²) in [5.41, 5.74) is 1.79. The van der Waals surface area contributed by atoms with Crippen LogP contribution in [0.4, 0.5) is 0 Å². The fourth-order valence-electron chi connectivity index (χ4n) is 3.13. The molecule has 3 aromatic carbocycles. The van der Waals surface area contributed by atoms with Crippen LogP contribution in [0.1, 0.15) is 31.4 Å². The molecule has 0 radical (unpaired) electrons. The second-order valence-electron chi connectivity index (χ2n) is 7.49. The molecule has 6 heteroatoms. The Balaban J connectivity index is 2.04. The van der Waals surface area contributed by atoms with E-state index in [1.165, 1.54) is 12.1 Å². The summed E-state index contributed by atoms with van der Waals surface area (Å²) in [6, 6.07) is 19.6.